The normalized spacial score (nSPS) is 12.4. The molecular weight excluding hydrogens is 551 g/mol. The van der Waals surface area contributed by atoms with Gasteiger partial charge in [0, 0.05) is 12.1 Å². The summed E-state index contributed by atoms with van der Waals surface area (Å²) in [6, 6.07) is 7.63. The first-order chi connectivity index (χ1) is 18.1. The summed E-state index contributed by atoms with van der Waals surface area (Å²) in [5.41, 5.74) is -0.579. The number of hydrogen-bond donors (Lipinski definition) is 2. The number of rotatable bonds is 4. The summed E-state index contributed by atoms with van der Waals surface area (Å²) in [7, 11) is 0. The van der Waals surface area contributed by atoms with E-state index in [-0.39, 0.29) is 28.3 Å². The van der Waals surface area contributed by atoms with Crippen LogP contribution < -0.4 is 19.8 Å². The van der Waals surface area contributed by atoms with Crippen molar-refractivity contribution in [3.8, 4) is 11.4 Å². The van der Waals surface area contributed by atoms with Crippen molar-refractivity contribution in [2.75, 3.05) is 0 Å². The van der Waals surface area contributed by atoms with Gasteiger partial charge >= 0.3 is 12.4 Å². The number of nitrogens with one attached hydrogen (secondary N) is 3. The molecule has 0 spiro atoms. The lowest BCUT2D eigenvalue weighted by Gasteiger charge is -2.17. The number of carboxylic acid groups (broad SMARTS) is 1. The summed E-state index contributed by atoms with van der Waals surface area (Å²) < 4.78 is 115. The zero-order valence-corrected chi connectivity index (χ0v) is 18.9. The predicted molar refractivity (Wildman–Crippen MR) is 110 cm³/mol. The van der Waals surface area contributed by atoms with Crippen molar-refractivity contribution in [1.82, 2.24) is 10.3 Å². The number of carboxylic acids is 1. The van der Waals surface area contributed by atoms with E-state index in [1.165, 1.54) is 47.1 Å². The molecule has 3 aromatic heterocycles. The third-order valence-corrected chi connectivity index (χ3v) is 4.96. The molecule has 3 N–H and O–H groups in total. The van der Waals surface area contributed by atoms with Gasteiger partial charge in [0.2, 0.25) is 17.4 Å². The Labute approximate surface area is 211 Å². The van der Waals surface area contributed by atoms with E-state index >= 15 is 0 Å². The minimum absolute atomic E-state index is 0.0293. The van der Waals surface area contributed by atoms with Crippen LogP contribution in [0.25, 0.3) is 16.9 Å². The first-order valence-corrected chi connectivity index (χ1v) is 10.4. The molecule has 16 heteroatoms. The minimum atomic E-state index is -5.19. The van der Waals surface area contributed by atoms with Gasteiger partial charge < -0.3 is 15.2 Å². The number of alkyl halides is 6. The highest BCUT2D eigenvalue weighted by Gasteiger charge is 2.46. The van der Waals surface area contributed by atoms with Crippen LogP contribution in [-0.4, -0.2) is 29.2 Å². The topological polar surface area (TPSA) is 103 Å². The Hall–Kier alpha value is -4.63. The Balaban J connectivity index is 0.000000532. The molecule has 4 aromatic rings. The van der Waals surface area contributed by atoms with Gasteiger partial charge in [0.25, 0.3) is 11.7 Å². The van der Waals surface area contributed by atoms with E-state index in [2.05, 4.69) is 9.97 Å². The van der Waals surface area contributed by atoms with Crippen LogP contribution in [0, 0.1) is 17.5 Å². The number of pyridine rings is 2. The van der Waals surface area contributed by atoms with Gasteiger partial charge in [0.15, 0.2) is 29.2 Å². The largest absolute Gasteiger partial charge is 0.542 e. The monoisotopic (exact) mass is 565 g/mol. The van der Waals surface area contributed by atoms with Crippen molar-refractivity contribution in [2.24, 2.45) is 0 Å². The molecule has 4 rings (SSSR count). The van der Waals surface area contributed by atoms with E-state index in [1.54, 1.807) is 6.07 Å². The average molecular weight is 565 g/mol. The van der Waals surface area contributed by atoms with Crippen LogP contribution in [0.1, 0.15) is 22.2 Å². The number of fused-ring (bicyclic) bond motifs is 1. The van der Waals surface area contributed by atoms with Gasteiger partial charge in [-0.3, -0.25) is 4.79 Å². The zero-order valence-electron chi connectivity index (χ0n) is 18.9. The number of aliphatic carboxylic acids is 1. The number of aromatic nitrogens is 3. The first kappa shape index (κ1) is 28.9. The molecule has 0 fully saturated rings. The number of halogens is 9. The Bertz CT molecular complexity index is 1480. The summed E-state index contributed by atoms with van der Waals surface area (Å²) in [5, 5.41) is 10.7. The van der Waals surface area contributed by atoms with Gasteiger partial charge in [-0.1, -0.05) is 12.1 Å². The van der Waals surface area contributed by atoms with Crippen molar-refractivity contribution >= 4 is 17.4 Å². The molecule has 1 aromatic carbocycles. The summed E-state index contributed by atoms with van der Waals surface area (Å²) >= 11 is 0. The lowest BCUT2D eigenvalue weighted by Crippen LogP contribution is -2.41. The quantitative estimate of drug-likeness (QED) is 0.226. The summed E-state index contributed by atoms with van der Waals surface area (Å²) in [6.07, 6.45) is -7.28. The van der Waals surface area contributed by atoms with E-state index < -0.39 is 47.7 Å². The summed E-state index contributed by atoms with van der Waals surface area (Å²) in [4.78, 5) is 26.7. The molecule has 1 amide bonds. The second-order valence-corrected chi connectivity index (χ2v) is 7.61. The van der Waals surface area contributed by atoms with Crippen LogP contribution in [0.3, 0.4) is 0 Å². The molecule has 1 unspecified atom stereocenters. The lowest BCUT2D eigenvalue weighted by molar-refractivity contribution is -0.498. The maximum absolute atomic E-state index is 13.7. The number of amides is 1. The fourth-order valence-electron chi connectivity index (χ4n) is 3.29. The first-order valence-electron chi connectivity index (χ1n) is 10.4. The molecule has 1 atom stereocenters. The highest BCUT2D eigenvalue weighted by atomic mass is 19.4. The van der Waals surface area contributed by atoms with Gasteiger partial charge in [-0.25, -0.2) is 23.1 Å². The molecule has 0 radical (unpaired) electrons. The molecule has 0 aliphatic heterocycles. The Morgan fingerprint density at radius 3 is 2.05 bits per heavy atom. The van der Waals surface area contributed by atoms with Crippen LogP contribution >= 0.6 is 0 Å². The molecule has 206 valence electrons. The Kier molecular flexibility index (Phi) is 8.16. The SMILES string of the molecule is O=C(NC(c1cccc[nH+]1)C(F)(F)F)c1[nH]c(-c2cc(F)c(F)c(F)c2)[n+]2ccccc12.O=C([O-])C(F)(F)F. The highest BCUT2D eigenvalue weighted by molar-refractivity contribution is 5.98. The van der Waals surface area contributed by atoms with E-state index in [0.29, 0.717) is 12.1 Å². The molecule has 0 bridgehead atoms. The van der Waals surface area contributed by atoms with Gasteiger partial charge in [0.05, 0.1) is 11.8 Å². The molecule has 3 heterocycles. The number of hydrogen-bond acceptors (Lipinski definition) is 3. The van der Waals surface area contributed by atoms with Crippen molar-refractivity contribution in [3.05, 3.63) is 89.8 Å². The number of benzene rings is 1. The zero-order chi connectivity index (χ0) is 29.1. The van der Waals surface area contributed by atoms with Crippen LogP contribution in [0.2, 0.25) is 0 Å². The molecule has 0 aliphatic carbocycles. The number of carbonyl (C=O) groups excluding carboxylic acids is 2. The van der Waals surface area contributed by atoms with Crippen molar-refractivity contribution < 1.29 is 63.6 Å². The summed E-state index contributed by atoms with van der Waals surface area (Å²) in [5.74, 6) is -8.72. The van der Waals surface area contributed by atoms with Gasteiger partial charge in [0.1, 0.15) is 5.97 Å². The van der Waals surface area contributed by atoms with E-state index in [0.717, 1.165) is 0 Å². The fourth-order valence-corrected chi connectivity index (χ4v) is 3.29. The number of nitrogens with zero attached hydrogens (tertiary/aromatic N) is 1. The van der Waals surface area contributed by atoms with E-state index in [4.69, 9.17) is 9.90 Å². The molecular formula is C23H14F9N4O3+. The summed E-state index contributed by atoms with van der Waals surface area (Å²) in [6.45, 7) is 0. The van der Waals surface area contributed by atoms with Crippen molar-refractivity contribution in [1.29, 1.82) is 0 Å². The van der Waals surface area contributed by atoms with Crippen molar-refractivity contribution in [3.63, 3.8) is 0 Å². The maximum atomic E-state index is 13.7. The fraction of sp³-hybridized carbons (Fsp3) is 0.130. The van der Waals surface area contributed by atoms with Crippen LogP contribution in [0.5, 0.6) is 0 Å². The third-order valence-electron chi connectivity index (χ3n) is 4.96. The second kappa shape index (κ2) is 11.0. The lowest BCUT2D eigenvalue weighted by atomic mass is 10.1. The number of carbonyl (C=O) groups is 2. The molecule has 7 nitrogen and oxygen atoms in total. The highest BCUT2D eigenvalue weighted by Crippen LogP contribution is 2.31. The standard InChI is InChI=1S/C21H12F6N4O.C2HF3O2/c22-12-9-11(10-13(23)16(12)24)19-29-17(15-6-2-4-8-31(15)19)20(32)30-18(21(25,26)27)14-5-1-3-7-28-14;3-2(4,5)1(6)7/h1-10,18H,(H,30,32);(H,6,7)/p+1. The molecule has 0 aliphatic rings. The van der Waals surface area contributed by atoms with Crippen LogP contribution in [0.15, 0.2) is 60.9 Å². The third kappa shape index (κ3) is 6.63. The van der Waals surface area contributed by atoms with Gasteiger partial charge in [-0.15, -0.1) is 0 Å². The Morgan fingerprint density at radius 2 is 1.54 bits per heavy atom. The number of H-pyrrole nitrogens is 2. The molecule has 39 heavy (non-hydrogen) atoms. The van der Waals surface area contributed by atoms with Gasteiger partial charge in [-0.2, -0.15) is 30.7 Å². The van der Waals surface area contributed by atoms with E-state index in [1.807, 2.05) is 5.32 Å². The second-order valence-electron chi connectivity index (χ2n) is 7.61. The van der Waals surface area contributed by atoms with Gasteiger partial charge in [-0.05, 0) is 24.3 Å². The minimum Gasteiger partial charge on any atom is -0.542 e. The molecule has 0 saturated heterocycles. The molecule has 0 saturated carbocycles. The smallest absolute Gasteiger partial charge is 0.430 e. The Morgan fingerprint density at radius 1 is 0.949 bits per heavy atom. The maximum Gasteiger partial charge on any atom is 0.430 e. The number of imidazole rings is 1. The van der Waals surface area contributed by atoms with Crippen LogP contribution in [-0.2, 0) is 4.79 Å². The van der Waals surface area contributed by atoms with Crippen molar-refractivity contribution in [2.45, 2.75) is 18.4 Å². The van der Waals surface area contributed by atoms with E-state index in [9.17, 15) is 44.3 Å². The predicted octanol–water partition coefficient (Wildman–Crippen LogP) is 2.98. The van der Waals surface area contributed by atoms with Crippen LogP contribution in [0.4, 0.5) is 39.5 Å². The average Bonchev–Trinajstić information content (AvgIpc) is 3.25. The number of aromatic amines is 2.